The Bertz CT molecular complexity index is 632. The zero-order chi connectivity index (χ0) is 15.4. The Morgan fingerprint density at radius 1 is 1.14 bits per heavy atom. The lowest BCUT2D eigenvalue weighted by molar-refractivity contribution is 0.101. The number of ketones is 1. The molecule has 0 aromatic heterocycles. The average molecular weight is 283 g/mol. The number of carbonyl (C=O) groups is 1. The molecule has 0 bridgehead atoms. The van der Waals surface area contributed by atoms with Crippen molar-refractivity contribution in [1.82, 2.24) is 0 Å². The van der Waals surface area contributed by atoms with Gasteiger partial charge < -0.3 is 10.5 Å². The van der Waals surface area contributed by atoms with Crippen molar-refractivity contribution in [1.29, 1.82) is 0 Å². The van der Waals surface area contributed by atoms with Crippen LogP contribution in [0, 0.1) is 0 Å². The Labute approximate surface area is 125 Å². The molecule has 21 heavy (non-hydrogen) atoms. The van der Waals surface area contributed by atoms with E-state index >= 15 is 0 Å². The fourth-order valence-corrected chi connectivity index (χ4v) is 2.16. The molecule has 3 heteroatoms. The smallest absolute Gasteiger partial charge is 0.161 e. The van der Waals surface area contributed by atoms with Gasteiger partial charge in [0.1, 0.15) is 11.5 Å². The third kappa shape index (κ3) is 3.63. The molecule has 0 aliphatic rings. The molecular formula is C18H21NO2. The first-order chi connectivity index (χ1) is 10.0. The summed E-state index contributed by atoms with van der Waals surface area (Å²) in [6.45, 7) is 5.88. The number of rotatable bonds is 5. The van der Waals surface area contributed by atoms with E-state index in [2.05, 4.69) is 26.0 Å². The minimum Gasteiger partial charge on any atom is -0.457 e. The van der Waals surface area contributed by atoms with Crippen molar-refractivity contribution >= 4 is 11.5 Å². The van der Waals surface area contributed by atoms with Crippen LogP contribution in [0.4, 0.5) is 5.69 Å². The average Bonchev–Trinajstić information content (AvgIpc) is 2.47. The third-order valence-corrected chi connectivity index (χ3v) is 3.70. The highest BCUT2D eigenvalue weighted by atomic mass is 16.5. The molecule has 0 aliphatic heterocycles. The molecule has 2 aromatic carbocycles. The van der Waals surface area contributed by atoms with Gasteiger partial charge in [0.2, 0.25) is 0 Å². The molecular weight excluding hydrogens is 262 g/mol. The number of ether oxygens (including phenoxy) is 1. The van der Waals surface area contributed by atoms with Crippen LogP contribution in [-0.4, -0.2) is 5.78 Å². The topological polar surface area (TPSA) is 52.3 Å². The molecule has 2 aromatic rings. The number of carbonyl (C=O) groups excluding carboxylic acids is 1. The standard InChI is InChI=1S/C18H21NO2/c1-4-12(2)14-5-7-15(8-6-14)21-16-9-10-17(13(3)20)18(19)11-16/h5-12H,4,19H2,1-3H3. The summed E-state index contributed by atoms with van der Waals surface area (Å²) in [7, 11) is 0. The second-order valence-electron chi connectivity index (χ2n) is 5.29. The summed E-state index contributed by atoms with van der Waals surface area (Å²) in [6.07, 6.45) is 1.11. The summed E-state index contributed by atoms with van der Waals surface area (Å²) in [5.74, 6) is 1.90. The third-order valence-electron chi connectivity index (χ3n) is 3.70. The van der Waals surface area contributed by atoms with Crippen LogP contribution in [0.5, 0.6) is 11.5 Å². The number of hydrogen-bond donors (Lipinski definition) is 1. The largest absolute Gasteiger partial charge is 0.457 e. The van der Waals surface area contributed by atoms with E-state index in [1.54, 1.807) is 18.2 Å². The van der Waals surface area contributed by atoms with Crippen LogP contribution in [0.2, 0.25) is 0 Å². The second kappa shape index (κ2) is 6.44. The maximum Gasteiger partial charge on any atom is 0.161 e. The van der Waals surface area contributed by atoms with E-state index in [-0.39, 0.29) is 5.78 Å². The highest BCUT2D eigenvalue weighted by molar-refractivity contribution is 5.99. The summed E-state index contributed by atoms with van der Waals surface area (Å²) in [6, 6.07) is 13.2. The van der Waals surface area contributed by atoms with Crippen molar-refractivity contribution in [3.05, 3.63) is 53.6 Å². The normalized spacial score (nSPS) is 12.0. The Morgan fingerprint density at radius 3 is 2.29 bits per heavy atom. The van der Waals surface area contributed by atoms with E-state index < -0.39 is 0 Å². The summed E-state index contributed by atoms with van der Waals surface area (Å²) >= 11 is 0. The van der Waals surface area contributed by atoms with Crippen LogP contribution >= 0.6 is 0 Å². The number of anilines is 1. The van der Waals surface area contributed by atoms with Crippen molar-refractivity contribution < 1.29 is 9.53 Å². The van der Waals surface area contributed by atoms with Gasteiger partial charge in [-0.15, -0.1) is 0 Å². The van der Waals surface area contributed by atoms with E-state index in [1.807, 2.05) is 12.1 Å². The Balaban J connectivity index is 2.15. The van der Waals surface area contributed by atoms with Crippen molar-refractivity contribution in [2.75, 3.05) is 5.73 Å². The number of nitrogens with two attached hydrogens (primary N) is 1. The minimum absolute atomic E-state index is 0.0445. The predicted molar refractivity (Wildman–Crippen MR) is 86.1 cm³/mol. The lowest BCUT2D eigenvalue weighted by Gasteiger charge is -2.11. The maximum absolute atomic E-state index is 11.3. The van der Waals surface area contributed by atoms with E-state index in [1.165, 1.54) is 12.5 Å². The van der Waals surface area contributed by atoms with Gasteiger partial charge in [-0.2, -0.15) is 0 Å². The summed E-state index contributed by atoms with van der Waals surface area (Å²) in [5.41, 5.74) is 8.12. The van der Waals surface area contributed by atoms with E-state index in [9.17, 15) is 4.79 Å². The Hall–Kier alpha value is -2.29. The van der Waals surface area contributed by atoms with Crippen LogP contribution in [0.25, 0.3) is 0 Å². The van der Waals surface area contributed by atoms with Gasteiger partial charge >= 0.3 is 0 Å². The van der Waals surface area contributed by atoms with Crippen LogP contribution in [0.3, 0.4) is 0 Å². The number of benzene rings is 2. The molecule has 0 radical (unpaired) electrons. The molecule has 0 amide bonds. The van der Waals surface area contributed by atoms with Crippen LogP contribution in [-0.2, 0) is 0 Å². The molecule has 3 nitrogen and oxygen atoms in total. The zero-order valence-corrected chi connectivity index (χ0v) is 12.7. The fraction of sp³-hybridized carbons (Fsp3) is 0.278. The molecule has 0 spiro atoms. The van der Waals surface area contributed by atoms with Gasteiger partial charge in [-0.05, 0) is 49.1 Å². The summed E-state index contributed by atoms with van der Waals surface area (Å²) in [4.78, 5) is 11.3. The summed E-state index contributed by atoms with van der Waals surface area (Å²) in [5, 5.41) is 0. The van der Waals surface area contributed by atoms with Gasteiger partial charge in [-0.3, -0.25) is 4.79 Å². The molecule has 110 valence electrons. The molecule has 0 fully saturated rings. The predicted octanol–water partition coefficient (Wildman–Crippen LogP) is 4.78. The zero-order valence-electron chi connectivity index (χ0n) is 12.7. The van der Waals surface area contributed by atoms with E-state index in [0.717, 1.165) is 12.2 Å². The van der Waals surface area contributed by atoms with Gasteiger partial charge in [-0.25, -0.2) is 0 Å². The van der Waals surface area contributed by atoms with Crippen molar-refractivity contribution in [2.45, 2.75) is 33.1 Å². The molecule has 2 rings (SSSR count). The quantitative estimate of drug-likeness (QED) is 0.634. The fourth-order valence-electron chi connectivity index (χ4n) is 2.16. The van der Waals surface area contributed by atoms with E-state index in [4.69, 9.17) is 10.5 Å². The highest BCUT2D eigenvalue weighted by Crippen LogP contribution is 2.27. The van der Waals surface area contributed by atoms with Crippen LogP contribution in [0.15, 0.2) is 42.5 Å². The molecule has 1 atom stereocenters. The molecule has 0 aliphatic carbocycles. The Morgan fingerprint density at radius 2 is 1.76 bits per heavy atom. The lowest BCUT2D eigenvalue weighted by Crippen LogP contribution is -1.99. The first-order valence-electron chi connectivity index (χ1n) is 7.19. The van der Waals surface area contributed by atoms with Crippen LogP contribution < -0.4 is 10.5 Å². The molecule has 0 saturated heterocycles. The van der Waals surface area contributed by atoms with Crippen molar-refractivity contribution in [3.8, 4) is 11.5 Å². The Kier molecular flexibility index (Phi) is 4.63. The molecule has 0 heterocycles. The molecule has 0 saturated carbocycles. The van der Waals surface area contributed by atoms with Crippen molar-refractivity contribution in [3.63, 3.8) is 0 Å². The van der Waals surface area contributed by atoms with Gasteiger partial charge in [0.05, 0.1) is 0 Å². The van der Waals surface area contributed by atoms with Gasteiger partial charge in [0.25, 0.3) is 0 Å². The van der Waals surface area contributed by atoms with Gasteiger partial charge in [0.15, 0.2) is 5.78 Å². The summed E-state index contributed by atoms with van der Waals surface area (Å²) < 4.78 is 5.77. The molecule has 1 unspecified atom stereocenters. The second-order valence-corrected chi connectivity index (χ2v) is 5.29. The highest BCUT2D eigenvalue weighted by Gasteiger charge is 2.07. The molecule has 2 N–H and O–H groups in total. The first-order valence-corrected chi connectivity index (χ1v) is 7.19. The SMILES string of the molecule is CCC(C)c1ccc(Oc2ccc(C(C)=O)c(N)c2)cc1. The number of hydrogen-bond acceptors (Lipinski definition) is 3. The minimum atomic E-state index is -0.0445. The van der Waals surface area contributed by atoms with Crippen molar-refractivity contribution in [2.24, 2.45) is 0 Å². The van der Waals surface area contributed by atoms with Gasteiger partial charge in [-0.1, -0.05) is 26.0 Å². The monoisotopic (exact) mass is 283 g/mol. The lowest BCUT2D eigenvalue weighted by atomic mass is 9.99. The maximum atomic E-state index is 11.3. The first kappa shape index (κ1) is 15.1. The van der Waals surface area contributed by atoms with Crippen LogP contribution in [0.1, 0.15) is 49.0 Å². The van der Waals surface area contributed by atoms with E-state index in [0.29, 0.717) is 22.9 Å². The number of Topliss-reactive ketones (excluding diaryl/α,β-unsaturated/α-hetero) is 1. The number of nitrogen functional groups attached to an aromatic ring is 1. The van der Waals surface area contributed by atoms with Gasteiger partial charge in [0, 0.05) is 17.3 Å².